The second-order valence-electron chi connectivity index (χ2n) is 6.09. The van der Waals surface area contributed by atoms with Crippen LogP contribution in [0.5, 0.6) is 0 Å². The van der Waals surface area contributed by atoms with Crippen molar-refractivity contribution >= 4 is 23.3 Å². The van der Waals surface area contributed by atoms with Crippen LogP contribution in [0.15, 0.2) is 18.2 Å². The Morgan fingerprint density at radius 1 is 1.14 bits per heavy atom. The molecule has 0 radical (unpaired) electrons. The summed E-state index contributed by atoms with van der Waals surface area (Å²) in [6, 6.07) is 6.27. The van der Waals surface area contributed by atoms with E-state index in [1.165, 1.54) is 0 Å². The van der Waals surface area contributed by atoms with Crippen LogP contribution in [0.2, 0.25) is 0 Å². The summed E-state index contributed by atoms with van der Waals surface area (Å²) in [6.45, 7) is 3.10. The number of likely N-dealkylation sites (N-methyl/N-ethyl adjacent to an activating group) is 1. The van der Waals surface area contributed by atoms with Crippen molar-refractivity contribution in [3.63, 3.8) is 0 Å². The van der Waals surface area contributed by atoms with Crippen molar-refractivity contribution in [1.82, 2.24) is 9.80 Å². The second-order valence-corrected chi connectivity index (χ2v) is 6.09. The average Bonchev–Trinajstić information content (AvgIpc) is 2.81. The third-order valence-corrected chi connectivity index (χ3v) is 4.44. The molecule has 0 spiro atoms. The molecule has 2 aliphatic heterocycles. The number of nitrogens with zero attached hydrogens (tertiary/aromatic N) is 4. The lowest BCUT2D eigenvalue weighted by molar-refractivity contribution is -0.117. The zero-order valence-electron chi connectivity index (χ0n) is 13.4. The molecule has 1 saturated heterocycles. The maximum Gasteiger partial charge on any atom is 0.319 e. The Balaban J connectivity index is 1.69. The second kappa shape index (κ2) is 5.51. The Labute approximate surface area is 130 Å². The fourth-order valence-electron chi connectivity index (χ4n) is 3.09. The summed E-state index contributed by atoms with van der Waals surface area (Å²) >= 11 is 0. The van der Waals surface area contributed by atoms with E-state index in [1.807, 2.05) is 18.0 Å². The van der Waals surface area contributed by atoms with Crippen LogP contribution in [0.1, 0.15) is 5.56 Å². The van der Waals surface area contributed by atoms with E-state index in [0.717, 1.165) is 43.1 Å². The lowest BCUT2D eigenvalue weighted by Crippen LogP contribution is -2.51. The molecular formula is C16H22N4O2. The standard InChI is InChI=1S/C16H22N4O2/c1-17(2)16(22)20-8-6-19(7-9-20)13-4-5-14-12(10-13)11-15(21)18(14)3/h4-5,10H,6-9,11H2,1-3H3. The number of rotatable bonds is 1. The summed E-state index contributed by atoms with van der Waals surface area (Å²) in [7, 11) is 5.38. The number of benzene rings is 1. The molecule has 3 rings (SSSR count). The number of carbonyl (C=O) groups is 2. The summed E-state index contributed by atoms with van der Waals surface area (Å²) in [5, 5.41) is 0. The molecule has 22 heavy (non-hydrogen) atoms. The highest BCUT2D eigenvalue weighted by Crippen LogP contribution is 2.31. The third kappa shape index (κ3) is 2.49. The van der Waals surface area contributed by atoms with E-state index >= 15 is 0 Å². The van der Waals surface area contributed by atoms with Crippen LogP contribution in [0.3, 0.4) is 0 Å². The number of piperazine rings is 1. The van der Waals surface area contributed by atoms with Gasteiger partial charge in [0.25, 0.3) is 0 Å². The summed E-state index contributed by atoms with van der Waals surface area (Å²) in [6.07, 6.45) is 0.485. The van der Waals surface area contributed by atoms with E-state index < -0.39 is 0 Å². The molecule has 118 valence electrons. The third-order valence-electron chi connectivity index (χ3n) is 4.44. The minimum Gasteiger partial charge on any atom is -0.368 e. The maximum absolute atomic E-state index is 12.0. The van der Waals surface area contributed by atoms with Gasteiger partial charge < -0.3 is 19.6 Å². The molecule has 0 aliphatic carbocycles. The molecule has 6 nitrogen and oxygen atoms in total. The largest absolute Gasteiger partial charge is 0.368 e. The van der Waals surface area contributed by atoms with Crippen molar-refractivity contribution in [1.29, 1.82) is 0 Å². The van der Waals surface area contributed by atoms with Gasteiger partial charge in [0.1, 0.15) is 0 Å². The van der Waals surface area contributed by atoms with Gasteiger partial charge in [-0.1, -0.05) is 0 Å². The Morgan fingerprint density at radius 3 is 2.45 bits per heavy atom. The predicted octanol–water partition coefficient (Wildman–Crippen LogP) is 1.01. The minimum atomic E-state index is 0.0702. The molecule has 1 aromatic rings. The summed E-state index contributed by atoms with van der Waals surface area (Å²) in [4.78, 5) is 31.2. The molecule has 0 N–H and O–H groups in total. The van der Waals surface area contributed by atoms with Crippen LogP contribution in [0.25, 0.3) is 0 Å². The van der Waals surface area contributed by atoms with Crippen molar-refractivity contribution in [2.75, 3.05) is 57.1 Å². The van der Waals surface area contributed by atoms with Crippen LogP contribution in [-0.4, -0.2) is 69.1 Å². The van der Waals surface area contributed by atoms with E-state index in [0.29, 0.717) is 6.42 Å². The van der Waals surface area contributed by atoms with Crippen molar-refractivity contribution in [2.24, 2.45) is 0 Å². The van der Waals surface area contributed by atoms with Crippen LogP contribution >= 0.6 is 0 Å². The van der Waals surface area contributed by atoms with Crippen molar-refractivity contribution in [3.8, 4) is 0 Å². The van der Waals surface area contributed by atoms with Gasteiger partial charge in [0.05, 0.1) is 6.42 Å². The average molecular weight is 302 g/mol. The van der Waals surface area contributed by atoms with Crippen LogP contribution in [-0.2, 0) is 11.2 Å². The molecule has 0 atom stereocenters. The van der Waals surface area contributed by atoms with Gasteiger partial charge in [-0.05, 0) is 23.8 Å². The van der Waals surface area contributed by atoms with Gasteiger partial charge in [-0.25, -0.2) is 4.79 Å². The van der Waals surface area contributed by atoms with E-state index in [4.69, 9.17) is 0 Å². The van der Waals surface area contributed by atoms with Crippen molar-refractivity contribution < 1.29 is 9.59 Å². The number of amides is 3. The molecule has 0 bridgehead atoms. The zero-order valence-corrected chi connectivity index (χ0v) is 13.4. The van der Waals surface area contributed by atoms with Gasteiger partial charge in [0, 0.05) is 58.7 Å². The zero-order chi connectivity index (χ0) is 15.9. The first kappa shape index (κ1) is 14.7. The lowest BCUT2D eigenvalue weighted by Gasteiger charge is -2.37. The van der Waals surface area contributed by atoms with E-state index in [-0.39, 0.29) is 11.9 Å². The number of fused-ring (bicyclic) bond motifs is 1. The first-order valence-corrected chi connectivity index (χ1v) is 7.58. The topological polar surface area (TPSA) is 47.1 Å². The monoisotopic (exact) mass is 302 g/mol. The number of anilines is 2. The van der Waals surface area contributed by atoms with E-state index in [1.54, 1.807) is 23.9 Å². The van der Waals surface area contributed by atoms with Gasteiger partial charge in [-0.3, -0.25) is 4.79 Å². The smallest absolute Gasteiger partial charge is 0.319 e. The van der Waals surface area contributed by atoms with Gasteiger partial charge in [-0.15, -0.1) is 0 Å². The Bertz CT molecular complexity index is 606. The fraction of sp³-hybridized carbons (Fsp3) is 0.500. The Kier molecular flexibility index (Phi) is 3.68. The van der Waals surface area contributed by atoms with Gasteiger partial charge in [-0.2, -0.15) is 0 Å². The van der Waals surface area contributed by atoms with Crippen LogP contribution < -0.4 is 9.80 Å². The van der Waals surface area contributed by atoms with Crippen molar-refractivity contribution in [3.05, 3.63) is 23.8 Å². The molecule has 6 heteroatoms. The highest BCUT2D eigenvalue weighted by molar-refractivity contribution is 6.01. The van der Waals surface area contributed by atoms with E-state index in [2.05, 4.69) is 17.0 Å². The normalized spacial score (nSPS) is 17.8. The van der Waals surface area contributed by atoms with E-state index in [9.17, 15) is 9.59 Å². The summed E-state index contributed by atoms with van der Waals surface area (Å²) < 4.78 is 0. The quantitative estimate of drug-likeness (QED) is 0.778. The molecule has 2 heterocycles. The molecule has 2 aliphatic rings. The highest BCUT2D eigenvalue weighted by Gasteiger charge is 2.26. The molecular weight excluding hydrogens is 280 g/mol. The number of carbonyl (C=O) groups excluding carboxylic acids is 2. The lowest BCUT2D eigenvalue weighted by atomic mass is 10.1. The fourth-order valence-corrected chi connectivity index (χ4v) is 3.09. The molecule has 0 saturated carbocycles. The first-order chi connectivity index (χ1) is 10.5. The minimum absolute atomic E-state index is 0.0702. The molecule has 1 fully saturated rings. The summed E-state index contributed by atoms with van der Waals surface area (Å²) in [5.41, 5.74) is 3.24. The van der Waals surface area contributed by atoms with Crippen LogP contribution in [0, 0.1) is 0 Å². The SMILES string of the molecule is CN(C)C(=O)N1CCN(c2ccc3c(c2)CC(=O)N3C)CC1. The molecule has 1 aromatic carbocycles. The first-order valence-electron chi connectivity index (χ1n) is 7.58. The Hall–Kier alpha value is -2.24. The number of hydrogen-bond donors (Lipinski definition) is 0. The maximum atomic E-state index is 12.0. The van der Waals surface area contributed by atoms with Crippen molar-refractivity contribution in [2.45, 2.75) is 6.42 Å². The predicted molar refractivity (Wildman–Crippen MR) is 86.4 cm³/mol. The summed E-state index contributed by atoms with van der Waals surface area (Å²) in [5.74, 6) is 0.147. The molecule has 3 amide bonds. The van der Waals surface area contributed by atoms with Crippen LogP contribution in [0.4, 0.5) is 16.2 Å². The Morgan fingerprint density at radius 2 is 1.82 bits per heavy atom. The highest BCUT2D eigenvalue weighted by atomic mass is 16.2. The van der Waals surface area contributed by atoms with Gasteiger partial charge in [0.2, 0.25) is 5.91 Å². The number of hydrogen-bond acceptors (Lipinski definition) is 3. The number of urea groups is 1. The molecule has 0 unspecified atom stereocenters. The molecule has 0 aromatic heterocycles. The van der Waals surface area contributed by atoms with Gasteiger partial charge in [0.15, 0.2) is 0 Å². The van der Waals surface area contributed by atoms with Gasteiger partial charge >= 0.3 is 6.03 Å².